The molecule has 1 aliphatic carbocycles. The number of nitrogens with one attached hydrogen (secondary N) is 1. The van der Waals surface area contributed by atoms with E-state index in [0.717, 1.165) is 40.8 Å². The van der Waals surface area contributed by atoms with Gasteiger partial charge in [0.2, 0.25) is 5.91 Å². The zero-order valence-corrected chi connectivity index (χ0v) is 19.2. The van der Waals surface area contributed by atoms with Crippen LogP contribution in [0.2, 0.25) is 0 Å². The average molecular weight is 461 g/mol. The molecule has 162 valence electrons. The first kappa shape index (κ1) is 21.0. The van der Waals surface area contributed by atoms with E-state index in [1.807, 2.05) is 47.8 Å². The maximum absolute atomic E-state index is 12.9. The molecule has 1 aliphatic rings. The number of benzene rings is 2. The number of hydrogen-bond acceptors (Lipinski definition) is 5. The lowest BCUT2D eigenvalue weighted by Crippen LogP contribution is -2.30. The topological polar surface area (TPSA) is 59.8 Å². The van der Waals surface area contributed by atoms with Gasteiger partial charge in [-0.05, 0) is 35.4 Å². The van der Waals surface area contributed by atoms with Crippen LogP contribution in [0.4, 0.5) is 0 Å². The summed E-state index contributed by atoms with van der Waals surface area (Å²) in [6, 6.07) is 24.4. The quantitative estimate of drug-likeness (QED) is 0.346. The van der Waals surface area contributed by atoms with E-state index in [4.69, 9.17) is 0 Å². The third kappa shape index (κ3) is 4.95. The molecule has 0 saturated heterocycles. The van der Waals surface area contributed by atoms with Crippen LogP contribution in [0, 0.1) is 0 Å². The second-order valence-corrected chi connectivity index (χ2v) is 9.82. The van der Waals surface area contributed by atoms with Crippen LogP contribution in [0.3, 0.4) is 0 Å². The van der Waals surface area contributed by atoms with Gasteiger partial charge < -0.3 is 9.88 Å². The van der Waals surface area contributed by atoms with Crippen molar-refractivity contribution < 1.29 is 4.79 Å². The van der Waals surface area contributed by atoms with Crippen molar-refractivity contribution in [3.63, 3.8) is 0 Å². The fraction of sp³-hybridized carbons (Fsp3) is 0.240. The number of amides is 1. The number of nitrogens with zero attached hydrogens (tertiary/aromatic N) is 3. The van der Waals surface area contributed by atoms with Gasteiger partial charge >= 0.3 is 0 Å². The Balaban J connectivity index is 1.29. The Hall–Kier alpha value is -2.90. The van der Waals surface area contributed by atoms with Crippen LogP contribution in [0.1, 0.15) is 46.6 Å². The van der Waals surface area contributed by atoms with Crippen molar-refractivity contribution in [3.8, 4) is 0 Å². The summed E-state index contributed by atoms with van der Waals surface area (Å²) in [6.07, 6.45) is 2.33. The summed E-state index contributed by atoms with van der Waals surface area (Å²) in [7, 11) is 0. The van der Waals surface area contributed by atoms with Crippen molar-refractivity contribution in [1.29, 1.82) is 0 Å². The zero-order valence-electron chi connectivity index (χ0n) is 17.6. The van der Waals surface area contributed by atoms with Gasteiger partial charge in [0.15, 0.2) is 5.16 Å². The van der Waals surface area contributed by atoms with Gasteiger partial charge in [0.05, 0.1) is 18.3 Å². The van der Waals surface area contributed by atoms with Crippen LogP contribution < -0.4 is 5.32 Å². The first-order valence-electron chi connectivity index (χ1n) is 10.8. The number of thiophene rings is 1. The lowest BCUT2D eigenvalue weighted by Gasteiger charge is -2.18. The standard InChI is InChI=1S/C25H24N4OS2/c30-22(26-23(21-12-7-15-31-21)19-10-5-2-6-11-19)17-32-25-28-27-24(20-13-14-20)29(25)16-18-8-3-1-4-9-18/h1-12,15,20,23H,13-14,16-17H2,(H,26,30). The lowest BCUT2D eigenvalue weighted by molar-refractivity contribution is -0.119. The molecule has 1 atom stereocenters. The molecule has 1 saturated carbocycles. The highest BCUT2D eigenvalue weighted by molar-refractivity contribution is 7.99. The van der Waals surface area contributed by atoms with Crippen LogP contribution in [0.5, 0.6) is 0 Å². The van der Waals surface area contributed by atoms with E-state index in [1.54, 1.807) is 11.3 Å². The summed E-state index contributed by atoms with van der Waals surface area (Å²) < 4.78 is 2.18. The molecule has 5 rings (SSSR count). The monoisotopic (exact) mass is 460 g/mol. The Morgan fingerprint density at radius 1 is 1.03 bits per heavy atom. The second-order valence-electron chi connectivity index (χ2n) is 7.90. The molecule has 2 heterocycles. The van der Waals surface area contributed by atoms with Gasteiger partial charge in [-0.3, -0.25) is 4.79 Å². The lowest BCUT2D eigenvalue weighted by atomic mass is 10.1. The molecule has 2 aromatic heterocycles. The Labute approximate surface area is 195 Å². The van der Waals surface area contributed by atoms with E-state index in [0.29, 0.717) is 11.7 Å². The summed E-state index contributed by atoms with van der Waals surface area (Å²) in [5.41, 5.74) is 2.29. The summed E-state index contributed by atoms with van der Waals surface area (Å²) in [4.78, 5) is 14.1. The summed E-state index contributed by atoms with van der Waals surface area (Å²) in [5.74, 6) is 1.82. The third-order valence-electron chi connectivity index (χ3n) is 5.47. The molecule has 7 heteroatoms. The van der Waals surface area contributed by atoms with E-state index >= 15 is 0 Å². The van der Waals surface area contributed by atoms with Gasteiger partial charge in [-0.1, -0.05) is 78.5 Å². The largest absolute Gasteiger partial charge is 0.344 e. The predicted molar refractivity (Wildman–Crippen MR) is 129 cm³/mol. The van der Waals surface area contributed by atoms with Crippen molar-refractivity contribution >= 4 is 29.0 Å². The maximum Gasteiger partial charge on any atom is 0.231 e. The SMILES string of the molecule is O=C(CSc1nnc(C2CC2)n1Cc1ccccc1)NC(c1ccccc1)c1cccs1. The molecule has 5 nitrogen and oxygen atoms in total. The molecule has 4 aromatic rings. The van der Waals surface area contributed by atoms with Crippen molar-refractivity contribution in [2.75, 3.05) is 5.75 Å². The van der Waals surface area contributed by atoms with Crippen molar-refractivity contribution in [2.45, 2.75) is 36.5 Å². The Morgan fingerprint density at radius 3 is 2.47 bits per heavy atom. The van der Waals surface area contributed by atoms with E-state index in [9.17, 15) is 4.79 Å². The van der Waals surface area contributed by atoms with E-state index < -0.39 is 0 Å². The zero-order chi connectivity index (χ0) is 21.8. The number of aromatic nitrogens is 3. The molecule has 0 bridgehead atoms. The van der Waals surface area contributed by atoms with Gasteiger partial charge in [-0.2, -0.15) is 0 Å². The first-order chi connectivity index (χ1) is 15.8. The van der Waals surface area contributed by atoms with Crippen LogP contribution in [-0.2, 0) is 11.3 Å². The molecule has 0 aliphatic heterocycles. The summed E-state index contributed by atoms with van der Waals surface area (Å²) >= 11 is 3.11. The molecule has 1 fully saturated rings. The summed E-state index contributed by atoms with van der Waals surface area (Å²) in [5, 5.41) is 14.9. The predicted octanol–water partition coefficient (Wildman–Crippen LogP) is 5.26. The summed E-state index contributed by atoms with van der Waals surface area (Å²) in [6.45, 7) is 0.728. The van der Waals surface area contributed by atoms with E-state index in [-0.39, 0.29) is 11.9 Å². The number of thioether (sulfide) groups is 1. The van der Waals surface area contributed by atoms with Gasteiger partial charge in [0, 0.05) is 10.8 Å². The van der Waals surface area contributed by atoms with Gasteiger partial charge in [0.1, 0.15) is 5.82 Å². The molecule has 1 N–H and O–H groups in total. The fourth-order valence-electron chi connectivity index (χ4n) is 3.72. The molecule has 0 radical (unpaired) electrons. The molecular formula is C25H24N4OS2. The number of carbonyl (C=O) groups excluding carboxylic acids is 1. The Morgan fingerprint density at radius 2 is 1.78 bits per heavy atom. The Kier molecular flexibility index (Phi) is 6.36. The van der Waals surface area contributed by atoms with Gasteiger partial charge in [0.25, 0.3) is 0 Å². The molecule has 1 unspecified atom stereocenters. The average Bonchev–Trinajstić information content (AvgIpc) is 3.37. The normalized spacial score (nSPS) is 14.2. The van der Waals surface area contributed by atoms with Crippen LogP contribution >= 0.6 is 23.1 Å². The van der Waals surface area contributed by atoms with E-state index in [2.05, 4.69) is 50.4 Å². The van der Waals surface area contributed by atoms with Crippen molar-refractivity contribution in [1.82, 2.24) is 20.1 Å². The van der Waals surface area contributed by atoms with Crippen molar-refractivity contribution in [2.24, 2.45) is 0 Å². The Bertz CT molecular complexity index is 1160. The first-order valence-corrected chi connectivity index (χ1v) is 12.6. The van der Waals surface area contributed by atoms with Crippen molar-refractivity contribution in [3.05, 3.63) is 100 Å². The van der Waals surface area contributed by atoms with Crippen LogP contribution in [0.25, 0.3) is 0 Å². The minimum atomic E-state index is -0.145. The van der Waals surface area contributed by atoms with E-state index in [1.165, 1.54) is 17.3 Å². The highest BCUT2D eigenvalue weighted by atomic mass is 32.2. The minimum absolute atomic E-state index is 0.0144. The smallest absolute Gasteiger partial charge is 0.231 e. The number of carbonyl (C=O) groups is 1. The molecule has 2 aromatic carbocycles. The van der Waals surface area contributed by atoms with Gasteiger partial charge in [-0.15, -0.1) is 21.5 Å². The third-order valence-corrected chi connectivity index (χ3v) is 7.37. The minimum Gasteiger partial charge on any atom is -0.344 e. The maximum atomic E-state index is 12.9. The van der Waals surface area contributed by atoms with Crippen LogP contribution in [-0.4, -0.2) is 26.4 Å². The number of rotatable bonds is 9. The number of hydrogen-bond donors (Lipinski definition) is 1. The highest BCUT2D eigenvalue weighted by Crippen LogP contribution is 2.40. The molecular weight excluding hydrogens is 436 g/mol. The highest BCUT2D eigenvalue weighted by Gasteiger charge is 2.30. The van der Waals surface area contributed by atoms with Crippen LogP contribution in [0.15, 0.2) is 83.3 Å². The second kappa shape index (κ2) is 9.71. The molecule has 0 spiro atoms. The van der Waals surface area contributed by atoms with Gasteiger partial charge in [-0.25, -0.2) is 0 Å². The fourth-order valence-corrected chi connectivity index (χ4v) is 5.28. The molecule has 32 heavy (non-hydrogen) atoms. The molecule has 1 amide bonds.